The van der Waals surface area contributed by atoms with Crippen LogP contribution < -0.4 is 0 Å². The van der Waals surface area contributed by atoms with Crippen LogP contribution in [0.25, 0.3) is 0 Å². The highest BCUT2D eigenvalue weighted by Gasteiger charge is 2.54. The van der Waals surface area contributed by atoms with Crippen molar-refractivity contribution in [3.05, 3.63) is 36.0 Å². The summed E-state index contributed by atoms with van der Waals surface area (Å²) in [6.07, 6.45) is 9.72. The average Bonchev–Trinajstić information content (AvgIpc) is 3.03. The van der Waals surface area contributed by atoms with E-state index in [4.69, 9.17) is 9.47 Å². The molecule has 132 valence electrons. The van der Waals surface area contributed by atoms with Crippen molar-refractivity contribution in [1.29, 1.82) is 0 Å². The van der Waals surface area contributed by atoms with Gasteiger partial charge < -0.3 is 14.6 Å². The van der Waals surface area contributed by atoms with E-state index in [0.717, 1.165) is 25.7 Å². The molecule has 4 nitrogen and oxygen atoms in total. The maximum Gasteiger partial charge on any atom is 0.334 e. The topological polar surface area (TPSA) is 59.1 Å². The van der Waals surface area contributed by atoms with Crippen LogP contribution >= 0.6 is 0 Å². The van der Waals surface area contributed by atoms with Gasteiger partial charge in [0, 0.05) is 17.9 Å². The number of aliphatic hydroxyl groups is 1. The maximum atomic E-state index is 11.9. The van der Waals surface area contributed by atoms with Gasteiger partial charge >= 0.3 is 5.97 Å². The predicted octanol–water partition coefficient (Wildman–Crippen LogP) is 3.46. The molecule has 3 aliphatic rings. The van der Waals surface area contributed by atoms with Crippen molar-refractivity contribution >= 4 is 5.97 Å². The third-order valence-electron chi connectivity index (χ3n) is 5.59. The number of fused-ring (bicyclic) bond motifs is 2. The first-order valence-electron chi connectivity index (χ1n) is 8.83. The predicted molar refractivity (Wildman–Crippen MR) is 92.4 cm³/mol. The molecule has 0 unspecified atom stereocenters. The summed E-state index contributed by atoms with van der Waals surface area (Å²) in [7, 11) is 0. The summed E-state index contributed by atoms with van der Waals surface area (Å²) in [6, 6.07) is 0. The van der Waals surface area contributed by atoms with Crippen molar-refractivity contribution in [2.75, 3.05) is 0 Å². The van der Waals surface area contributed by atoms with Crippen LogP contribution in [0, 0.1) is 5.92 Å². The molecule has 24 heavy (non-hydrogen) atoms. The maximum absolute atomic E-state index is 11.9. The summed E-state index contributed by atoms with van der Waals surface area (Å²) in [5, 5.41) is 10.4. The zero-order valence-corrected chi connectivity index (χ0v) is 14.9. The average molecular weight is 332 g/mol. The number of hydrogen-bond donors (Lipinski definition) is 1. The van der Waals surface area contributed by atoms with Crippen molar-refractivity contribution in [3.8, 4) is 0 Å². The number of epoxide rings is 1. The number of carbonyl (C=O) groups is 1. The van der Waals surface area contributed by atoms with E-state index in [1.165, 1.54) is 5.57 Å². The lowest BCUT2D eigenvalue weighted by molar-refractivity contribution is -0.139. The Kier molecular flexibility index (Phi) is 4.47. The molecule has 1 N–H and O–H groups in total. The van der Waals surface area contributed by atoms with Crippen molar-refractivity contribution < 1.29 is 19.4 Å². The third kappa shape index (κ3) is 3.65. The van der Waals surface area contributed by atoms with Crippen LogP contribution in [0.2, 0.25) is 0 Å². The van der Waals surface area contributed by atoms with Crippen LogP contribution in [0.3, 0.4) is 0 Å². The zero-order valence-electron chi connectivity index (χ0n) is 14.9. The van der Waals surface area contributed by atoms with Gasteiger partial charge in [-0.15, -0.1) is 0 Å². The molecular formula is C20H28O4. The highest BCUT2D eigenvalue weighted by molar-refractivity contribution is 5.90. The van der Waals surface area contributed by atoms with Gasteiger partial charge in [-0.25, -0.2) is 4.79 Å². The molecule has 4 heteroatoms. The second-order valence-electron chi connectivity index (χ2n) is 7.99. The van der Waals surface area contributed by atoms with Crippen molar-refractivity contribution in [2.24, 2.45) is 5.92 Å². The number of ether oxygens (including phenoxy) is 2. The second-order valence-corrected chi connectivity index (χ2v) is 7.99. The van der Waals surface area contributed by atoms with Crippen LogP contribution in [-0.4, -0.2) is 34.5 Å². The van der Waals surface area contributed by atoms with Gasteiger partial charge in [0.05, 0.1) is 17.3 Å². The first-order chi connectivity index (χ1) is 11.2. The molecule has 0 aromatic carbocycles. The van der Waals surface area contributed by atoms with E-state index >= 15 is 0 Å². The molecule has 2 heterocycles. The lowest BCUT2D eigenvalue weighted by Gasteiger charge is -2.20. The Morgan fingerprint density at radius 1 is 1.38 bits per heavy atom. The normalized spacial score (nSPS) is 46.8. The van der Waals surface area contributed by atoms with Crippen LogP contribution in [-0.2, 0) is 14.3 Å². The SMILES string of the molecule is C=C1C(=O)O[C@H]2C/C(C)=C/CC[C@@](C)(O)/C=C/C[C@]3(C)O[C@H]3C[C@H]12. The Morgan fingerprint density at radius 2 is 2.12 bits per heavy atom. The molecule has 0 amide bonds. The monoisotopic (exact) mass is 332 g/mol. The Hall–Kier alpha value is -1.39. The largest absolute Gasteiger partial charge is 0.458 e. The lowest BCUT2D eigenvalue weighted by Crippen LogP contribution is -2.23. The molecule has 0 saturated carbocycles. The highest BCUT2D eigenvalue weighted by atomic mass is 16.6. The summed E-state index contributed by atoms with van der Waals surface area (Å²) in [6.45, 7) is 9.92. The number of allylic oxidation sites excluding steroid dienone is 1. The van der Waals surface area contributed by atoms with Gasteiger partial charge in [0.15, 0.2) is 0 Å². The van der Waals surface area contributed by atoms with Gasteiger partial charge in [0.2, 0.25) is 0 Å². The van der Waals surface area contributed by atoms with Gasteiger partial charge in [-0.05, 0) is 46.5 Å². The minimum atomic E-state index is -0.807. The van der Waals surface area contributed by atoms with Gasteiger partial charge in [0.25, 0.3) is 0 Å². The van der Waals surface area contributed by atoms with Gasteiger partial charge in [-0.3, -0.25) is 0 Å². The summed E-state index contributed by atoms with van der Waals surface area (Å²) in [5.41, 5.74) is 0.746. The Bertz CT molecular complexity index is 601. The summed E-state index contributed by atoms with van der Waals surface area (Å²) in [4.78, 5) is 11.9. The molecule has 2 fully saturated rings. The van der Waals surface area contributed by atoms with E-state index in [0.29, 0.717) is 12.0 Å². The third-order valence-corrected chi connectivity index (χ3v) is 5.59. The van der Waals surface area contributed by atoms with E-state index in [2.05, 4.69) is 26.5 Å². The minimum Gasteiger partial charge on any atom is -0.458 e. The second kappa shape index (κ2) is 6.16. The zero-order chi connectivity index (χ0) is 17.5. The quantitative estimate of drug-likeness (QED) is 0.319. The molecule has 0 radical (unpaired) electrons. The summed E-state index contributed by atoms with van der Waals surface area (Å²) < 4.78 is 11.5. The molecule has 2 saturated heterocycles. The van der Waals surface area contributed by atoms with E-state index < -0.39 is 5.60 Å². The van der Waals surface area contributed by atoms with E-state index in [-0.39, 0.29) is 29.7 Å². The first kappa shape index (κ1) is 17.4. The van der Waals surface area contributed by atoms with Gasteiger partial charge in [-0.1, -0.05) is 30.4 Å². The fourth-order valence-electron chi connectivity index (χ4n) is 3.79. The van der Waals surface area contributed by atoms with E-state index in [1.807, 2.05) is 19.1 Å². The Labute approximate surface area is 144 Å². The number of carbonyl (C=O) groups excluding carboxylic acids is 1. The highest BCUT2D eigenvalue weighted by Crippen LogP contribution is 2.47. The van der Waals surface area contributed by atoms with Crippen molar-refractivity contribution in [1.82, 2.24) is 0 Å². The molecule has 5 atom stereocenters. The fourth-order valence-corrected chi connectivity index (χ4v) is 3.79. The Balaban J connectivity index is 1.81. The van der Waals surface area contributed by atoms with Gasteiger partial charge in [-0.2, -0.15) is 0 Å². The molecule has 2 aliphatic heterocycles. The lowest BCUT2D eigenvalue weighted by atomic mass is 9.85. The smallest absolute Gasteiger partial charge is 0.334 e. The van der Waals surface area contributed by atoms with Crippen molar-refractivity contribution in [3.63, 3.8) is 0 Å². The molecule has 0 spiro atoms. The van der Waals surface area contributed by atoms with E-state index in [1.54, 1.807) is 0 Å². The fraction of sp³-hybridized carbons (Fsp3) is 0.650. The van der Waals surface area contributed by atoms with Crippen LogP contribution in [0.4, 0.5) is 0 Å². The van der Waals surface area contributed by atoms with Gasteiger partial charge in [0.1, 0.15) is 6.10 Å². The minimum absolute atomic E-state index is 0.0303. The molecule has 0 aromatic heterocycles. The molecule has 1 aliphatic carbocycles. The molecule has 0 aromatic rings. The molecule has 3 rings (SSSR count). The van der Waals surface area contributed by atoms with Crippen LogP contribution in [0.1, 0.15) is 52.9 Å². The van der Waals surface area contributed by atoms with Crippen LogP contribution in [0.5, 0.6) is 0 Å². The van der Waals surface area contributed by atoms with Crippen LogP contribution in [0.15, 0.2) is 36.0 Å². The molecule has 0 bridgehead atoms. The standard InChI is InChI=1S/C20H28O4/c1-13-7-5-8-19(3,22)9-6-10-20(4)17(24-20)12-15-14(2)18(21)23-16(15)11-13/h6-7,9,15-17,22H,2,5,8,10-12H2,1,3-4H3/b9-6+,13-7+/t15-,16+,17+,19-,20+/m1/s1. The Morgan fingerprint density at radius 3 is 2.88 bits per heavy atom. The number of esters is 1. The summed E-state index contributed by atoms with van der Waals surface area (Å²) >= 11 is 0. The summed E-state index contributed by atoms with van der Waals surface area (Å²) in [5.74, 6) is -0.241. The van der Waals surface area contributed by atoms with Crippen molar-refractivity contribution in [2.45, 2.75) is 76.3 Å². The number of hydrogen-bond acceptors (Lipinski definition) is 4. The number of rotatable bonds is 0. The molecular weight excluding hydrogens is 304 g/mol. The van der Waals surface area contributed by atoms with E-state index in [9.17, 15) is 9.90 Å². The first-order valence-corrected chi connectivity index (χ1v) is 8.83.